The smallest absolute Gasteiger partial charge is 0.492 e. The van der Waals surface area contributed by atoms with E-state index in [-0.39, 0.29) is 23.9 Å². The number of carboxylic acid groups (broad SMARTS) is 1. The fourth-order valence-electron chi connectivity index (χ4n) is 3.31. The van der Waals surface area contributed by atoms with E-state index in [9.17, 15) is 9.59 Å². The third-order valence-corrected chi connectivity index (χ3v) is 6.48. The lowest BCUT2D eigenvalue weighted by Gasteiger charge is -2.20. The number of carbonyl (C=O) groups excluding carboxylic acids is 1. The molecule has 1 saturated heterocycles. The second-order valence-corrected chi connectivity index (χ2v) is 9.00. The zero-order valence-electron chi connectivity index (χ0n) is 21.2. The van der Waals surface area contributed by atoms with Crippen LogP contribution in [-0.2, 0) is 20.8 Å². The summed E-state index contributed by atoms with van der Waals surface area (Å²) < 4.78 is 15.8. The summed E-state index contributed by atoms with van der Waals surface area (Å²) in [6.07, 6.45) is -0.505. The molecule has 4 rings (SSSR count). The van der Waals surface area contributed by atoms with Gasteiger partial charge in [0.1, 0.15) is 25.1 Å². The van der Waals surface area contributed by atoms with Crippen LogP contribution in [0.3, 0.4) is 0 Å². The topological polar surface area (TPSA) is 82.1 Å². The van der Waals surface area contributed by atoms with Crippen molar-refractivity contribution in [3.63, 3.8) is 0 Å². The van der Waals surface area contributed by atoms with Gasteiger partial charge in [-0.15, -0.1) is 0 Å². The van der Waals surface area contributed by atoms with Crippen LogP contribution < -0.4 is 0 Å². The maximum atomic E-state index is 12.2. The normalized spacial score (nSPS) is 15.6. The first-order chi connectivity index (χ1) is 18.0. The SMILES string of the molecule is C=C(OCC1SCC[C@H]1OC(=O)c1ccccc1)c1ccccc1.CC.O=C(O)OCc1ccccc1. The minimum Gasteiger partial charge on any atom is -0.492 e. The van der Waals surface area contributed by atoms with E-state index in [1.54, 1.807) is 23.9 Å². The Morgan fingerprint density at radius 2 is 1.41 bits per heavy atom. The number of thioether (sulfide) groups is 1. The first-order valence-electron chi connectivity index (χ1n) is 12.2. The first kappa shape index (κ1) is 29.5. The van der Waals surface area contributed by atoms with Crippen LogP contribution in [0.25, 0.3) is 5.76 Å². The Morgan fingerprint density at radius 1 is 0.865 bits per heavy atom. The van der Waals surface area contributed by atoms with Crippen LogP contribution in [0.5, 0.6) is 0 Å². The van der Waals surface area contributed by atoms with Crippen molar-refractivity contribution in [2.45, 2.75) is 38.2 Å². The van der Waals surface area contributed by atoms with Gasteiger partial charge in [-0.05, 0) is 29.9 Å². The third kappa shape index (κ3) is 10.8. The standard InChI is InChI=1S/C20H20O3S.C8H8O3.C2H6/c1-15(16-8-4-2-5-9-16)22-14-19-18(12-13-24-19)23-20(21)17-10-6-3-7-11-17;9-8(10)11-6-7-4-2-1-3-5-7;1-2/h2-11,18-19H,1,12-14H2;1-5H,6H2,(H,9,10);1-2H3/t18-,19?;;/m1../s1. The molecule has 1 N–H and O–H groups in total. The van der Waals surface area contributed by atoms with Gasteiger partial charge in [-0.2, -0.15) is 11.8 Å². The van der Waals surface area contributed by atoms with E-state index < -0.39 is 6.16 Å². The van der Waals surface area contributed by atoms with Gasteiger partial charge < -0.3 is 19.3 Å². The number of carbonyl (C=O) groups is 2. The van der Waals surface area contributed by atoms with E-state index in [2.05, 4.69) is 11.3 Å². The van der Waals surface area contributed by atoms with E-state index in [0.29, 0.717) is 17.9 Å². The van der Waals surface area contributed by atoms with Gasteiger partial charge in [-0.3, -0.25) is 0 Å². The number of hydrogen-bond donors (Lipinski definition) is 1. The van der Waals surface area contributed by atoms with E-state index in [4.69, 9.17) is 14.6 Å². The van der Waals surface area contributed by atoms with Crippen molar-refractivity contribution in [2.24, 2.45) is 0 Å². The molecule has 0 saturated carbocycles. The molecule has 0 bridgehead atoms. The van der Waals surface area contributed by atoms with Gasteiger partial charge in [0.25, 0.3) is 0 Å². The highest BCUT2D eigenvalue weighted by Gasteiger charge is 2.32. The molecule has 1 aliphatic heterocycles. The summed E-state index contributed by atoms with van der Waals surface area (Å²) in [6.45, 7) is 8.59. The average molecular weight is 523 g/mol. The molecular formula is C30H34O6S. The molecule has 37 heavy (non-hydrogen) atoms. The highest BCUT2D eigenvalue weighted by molar-refractivity contribution is 8.00. The van der Waals surface area contributed by atoms with Gasteiger partial charge in [0.2, 0.25) is 0 Å². The van der Waals surface area contributed by atoms with Gasteiger partial charge in [0.05, 0.1) is 10.8 Å². The van der Waals surface area contributed by atoms with Crippen molar-refractivity contribution in [1.29, 1.82) is 0 Å². The summed E-state index contributed by atoms with van der Waals surface area (Å²) in [5.74, 6) is 1.35. The molecule has 0 amide bonds. The zero-order valence-corrected chi connectivity index (χ0v) is 22.1. The van der Waals surface area contributed by atoms with E-state index in [1.807, 2.05) is 92.7 Å². The van der Waals surface area contributed by atoms with Gasteiger partial charge in [0, 0.05) is 5.56 Å². The molecule has 1 aliphatic rings. The molecule has 1 fully saturated rings. The Morgan fingerprint density at radius 3 is 1.97 bits per heavy atom. The van der Waals surface area contributed by atoms with E-state index in [1.165, 1.54) is 0 Å². The first-order valence-corrected chi connectivity index (χ1v) is 13.2. The lowest BCUT2D eigenvalue weighted by Crippen LogP contribution is -2.28. The molecule has 0 radical (unpaired) electrons. The lowest BCUT2D eigenvalue weighted by molar-refractivity contribution is 0.0272. The van der Waals surface area contributed by atoms with Gasteiger partial charge in [-0.25, -0.2) is 9.59 Å². The molecule has 1 unspecified atom stereocenters. The number of hydrogen-bond acceptors (Lipinski definition) is 6. The van der Waals surface area contributed by atoms with Crippen molar-refractivity contribution in [2.75, 3.05) is 12.4 Å². The second kappa shape index (κ2) is 16.9. The molecule has 2 atom stereocenters. The van der Waals surface area contributed by atoms with Crippen LogP contribution in [0.15, 0.2) is 97.6 Å². The van der Waals surface area contributed by atoms with Crippen LogP contribution in [0.2, 0.25) is 0 Å². The summed E-state index contributed by atoms with van der Waals surface area (Å²) in [7, 11) is 0. The number of esters is 1. The quantitative estimate of drug-likeness (QED) is 0.245. The van der Waals surface area contributed by atoms with Crippen LogP contribution in [0.4, 0.5) is 4.79 Å². The van der Waals surface area contributed by atoms with E-state index >= 15 is 0 Å². The second-order valence-electron chi connectivity index (χ2n) is 7.65. The zero-order chi connectivity index (χ0) is 26.9. The summed E-state index contributed by atoms with van der Waals surface area (Å²) in [6, 6.07) is 28.1. The van der Waals surface area contributed by atoms with Crippen LogP contribution in [0, 0.1) is 0 Å². The highest BCUT2D eigenvalue weighted by Crippen LogP contribution is 2.31. The van der Waals surface area contributed by atoms with Crippen LogP contribution in [0.1, 0.15) is 41.8 Å². The minimum absolute atomic E-state index is 0.119. The molecule has 196 valence electrons. The number of ether oxygens (including phenoxy) is 3. The predicted octanol–water partition coefficient (Wildman–Crippen LogP) is 7.31. The van der Waals surface area contributed by atoms with Crippen molar-refractivity contribution in [3.8, 4) is 0 Å². The van der Waals surface area contributed by atoms with Crippen molar-refractivity contribution >= 4 is 29.6 Å². The average Bonchev–Trinajstić information content (AvgIpc) is 3.40. The Bertz CT molecular complexity index is 1070. The maximum absolute atomic E-state index is 12.2. The predicted molar refractivity (Wildman–Crippen MR) is 149 cm³/mol. The maximum Gasteiger partial charge on any atom is 0.506 e. The molecule has 3 aromatic rings. The van der Waals surface area contributed by atoms with E-state index in [0.717, 1.165) is 23.3 Å². The fourth-order valence-corrected chi connectivity index (χ4v) is 4.55. The molecule has 3 aromatic carbocycles. The summed E-state index contributed by atoms with van der Waals surface area (Å²) in [5, 5.41) is 8.29. The Hall–Kier alpha value is -3.71. The monoisotopic (exact) mass is 522 g/mol. The van der Waals surface area contributed by atoms with Gasteiger partial charge in [-0.1, -0.05) is 99.3 Å². The van der Waals surface area contributed by atoms with Gasteiger partial charge in [0.15, 0.2) is 0 Å². The summed E-state index contributed by atoms with van der Waals surface area (Å²) in [5.41, 5.74) is 2.41. The molecule has 0 aromatic heterocycles. The van der Waals surface area contributed by atoms with Crippen molar-refractivity contribution in [1.82, 2.24) is 0 Å². The Labute approximate surface area is 223 Å². The van der Waals surface area contributed by atoms with Crippen LogP contribution in [-0.4, -0.2) is 40.9 Å². The third-order valence-electron chi connectivity index (χ3n) is 5.14. The Kier molecular flexibility index (Phi) is 13.5. The molecule has 1 heterocycles. The molecule has 6 nitrogen and oxygen atoms in total. The highest BCUT2D eigenvalue weighted by atomic mass is 32.2. The fraction of sp³-hybridized carbons (Fsp3) is 0.267. The van der Waals surface area contributed by atoms with Gasteiger partial charge >= 0.3 is 12.1 Å². The lowest BCUT2D eigenvalue weighted by atomic mass is 10.2. The molecule has 0 aliphatic carbocycles. The summed E-state index contributed by atoms with van der Waals surface area (Å²) in [4.78, 5) is 22.2. The largest absolute Gasteiger partial charge is 0.506 e. The molecular weight excluding hydrogens is 488 g/mol. The van der Waals surface area contributed by atoms with Crippen LogP contribution >= 0.6 is 11.8 Å². The van der Waals surface area contributed by atoms with Crippen molar-refractivity contribution in [3.05, 3.63) is 114 Å². The molecule has 7 heteroatoms. The molecule has 0 spiro atoms. The Balaban J connectivity index is 0.000000311. The number of benzene rings is 3. The van der Waals surface area contributed by atoms with Crippen molar-refractivity contribution < 1.29 is 28.9 Å². The number of rotatable bonds is 8. The minimum atomic E-state index is -1.24. The summed E-state index contributed by atoms with van der Waals surface area (Å²) >= 11 is 1.78.